The molecule has 0 amide bonds. The molecule has 6 heteroatoms. The van der Waals surface area contributed by atoms with E-state index in [1.165, 1.54) is 11.8 Å². The van der Waals surface area contributed by atoms with E-state index in [1.807, 2.05) is 13.8 Å². The molecule has 0 spiro atoms. The summed E-state index contributed by atoms with van der Waals surface area (Å²) in [6.45, 7) is 6.89. The molecule has 0 aliphatic heterocycles. The third-order valence-corrected chi connectivity index (χ3v) is 3.48. The molecule has 0 radical (unpaired) electrons. The van der Waals surface area contributed by atoms with E-state index in [4.69, 9.17) is 4.42 Å². The van der Waals surface area contributed by atoms with Crippen molar-refractivity contribution in [3.63, 3.8) is 0 Å². The summed E-state index contributed by atoms with van der Waals surface area (Å²) in [7, 11) is 0. The maximum Gasteiger partial charge on any atom is 0.256 e. The normalized spacial score (nSPS) is 10.7. The van der Waals surface area contributed by atoms with Gasteiger partial charge in [-0.05, 0) is 20.3 Å². The Hall–Kier alpha value is -1.56. The molecule has 0 saturated heterocycles. The summed E-state index contributed by atoms with van der Waals surface area (Å²) < 4.78 is 5.50. The highest BCUT2D eigenvalue weighted by molar-refractivity contribution is 7.98. The zero-order valence-corrected chi connectivity index (χ0v) is 12.3. The lowest BCUT2D eigenvalue weighted by Gasteiger charge is -2.03. The zero-order valence-electron chi connectivity index (χ0n) is 11.4. The lowest BCUT2D eigenvalue weighted by atomic mass is 10.4. The van der Waals surface area contributed by atoms with Gasteiger partial charge in [-0.1, -0.05) is 18.7 Å². The molecule has 1 N–H and O–H groups in total. The highest BCUT2D eigenvalue weighted by Crippen LogP contribution is 2.23. The molecule has 0 unspecified atom stereocenters. The molecule has 19 heavy (non-hydrogen) atoms. The van der Waals surface area contributed by atoms with Crippen LogP contribution in [0.15, 0.2) is 22.0 Å². The fraction of sp³-hybridized carbons (Fsp3) is 0.462. The molecule has 2 aromatic heterocycles. The van der Waals surface area contributed by atoms with E-state index in [0.29, 0.717) is 11.0 Å². The van der Waals surface area contributed by atoms with Crippen molar-refractivity contribution in [1.82, 2.24) is 15.0 Å². The van der Waals surface area contributed by atoms with E-state index in [0.717, 1.165) is 35.9 Å². The number of hydrogen-bond acceptors (Lipinski definition) is 6. The molecule has 5 nitrogen and oxygen atoms in total. The van der Waals surface area contributed by atoms with Crippen LogP contribution in [0.2, 0.25) is 0 Å². The van der Waals surface area contributed by atoms with Gasteiger partial charge >= 0.3 is 0 Å². The molecule has 0 atom stereocenters. The third-order valence-electron chi connectivity index (χ3n) is 2.61. The SMILES string of the molecule is CCCNc1cnc(CSc2nc(C)c(C)o2)cn1. The van der Waals surface area contributed by atoms with Crippen molar-refractivity contribution < 1.29 is 4.42 Å². The van der Waals surface area contributed by atoms with E-state index in [2.05, 4.69) is 27.2 Å². The first-order chi connectivity index (χ1) is 9.19. The van der Waals surface area contributed by atoms with Crippen LogP contribution in [0.3, 0.4) is 0 Å². The molecule has 2 rings (SSSR count). The second kappa shape index (κ2) is 6.56. The van der Waals surface area contributed by atoms with Crippen molar-refractivity contribution in [1.29, 1.82) is 0 Å². The average molecular weight is 278 g/mol. The topological polar surface area (TPSA) is 63.8 Å². The van der Waals surface area contributed by atoms with Gasteiger partial charge in [0.25, 0.3) is 5.22 Å². The Morgan fingerprint density at radius 3 is 2.68 bits per heavy atom. The number of thioether (sulfide) groups is 1. The van der Waals surface area contributed by atoms with Crippen molar-refractivity contribution in [2.45, 2.75) is 38.2 Å². The van der Waals surface area contributed by atoms with E-state index in [1.54, 1.807) is 12.4 Å². The number of aryl methyl sites for hydroxylation is 2. The Morgan fingerprint density at radius 2 is 2.11 bits per heavy atom. The summed E-state index contributed by atoms with van der Waals surface area (Å²) >= 11 is 1.53. The number of anilines is 1. The van der Waals surface area contributed by atoms with Crippen LogP contribution in [-0.4, -0.2) is 21.5 Å². The largest absolute Gasteiger partial charge is 0.437 e. The molecule has 0 fully saturated rings. The maximum absolute atomic E-state index is 5.50. The monoisotopic (exact) mass is 278 g/mol. The Balaban J connectivity index is 1.89. The molecule has 2 heterocycles. The third kappa shape index (κ3) is 3.96. The minimum absolute atomic E-state index is 0.685. The van der Waals surface area contributed by atoms with E-state index >= 15 is 0 Å². The first-order valence-electron chi connectivity index (χ1n) is 6.30. The van der Waals surface area contributed by atoms with Crippen LogP contribution in [0.4, 0.5) is 5.82 Å². The first kappa shape index (κ1) is 13.9. The van der Waals surface area contributed by atoms with Crippen molar-refractivity contribution in [3.8, 4) is 0 Å². The molecule has 0 bridgehead atoms. The summed E-state index contributed by atoms with van der Waals surface area (Å²) in [4.78, 5) is 13.0. The fourth-order valence-electron chi connectivity index (χ4n) is 1.41. The predicted molar refractivity (Wildman–Crippen MR) is 76.4 cm³/mol. The lowest BCUT2D eigenvalue weighted by Crippen LogP contribution is -2.02. The molecular weight excluding hydrogens is 260 g/mol. The standard InChI is InChI=1S/C13H18N4OS/c1-4-5-14-12-7-15-11(6-16-12)8-19-13-17-9(2)10(3)18-13/h6-7H,4-5,8H2,1-3H3,(H,14,16). The Labute approximate surface area is 117 Å². The van der Waals surface area contributed by atoms with Gasteiger partial charge in [0.15, 0.2) is 0 Å². The van der Waals surface area contributed by atoms with Gasteiger partial charge in [-0.3, -0.25) is 4.98 Å². The Bertz CT molecular complexity index is 504. The summed E-state index contributed by atoms with van der Waals surface area (Å²) in [5, 5.41) is 3.88. The van der Waals surface area contributed by atoms with Crippen LogP contribution in [0, 0.1) is 13.8 Å². The second-order valence-electron chi connectivity index (χ2n) is 4.23. The van der Waals surface area contributed by atoms with E-state index in [-0.39, 0.29) is 0 Å². The number of oxazole rings is 1. The number of hydrogen-bond donors (Lipinski definition) is 1. The summed E-state index contributed by atoms with van der Waals surface area (Å²) in [6, 6.07) is 0. The minimum Gasteiger partial charge on any atom is -0.437 e. The van der Waals surface area contributed by atoms with Crippen molar-refractivity contribution in [2.75, 3.05) is 11.9 Å². The lowest BCUT2D eigenvalue weighted by molar-refractivity contribution is 0.431. The second-order valence-corrected chi connectivity index (χ2v) is 5.16. The maximum atomic E-state index is 5.50. The van der Waals surface area contributed by atoms with Gasteiger partial charge in [0.1, 0.15) is 11.6 Å². The summed E-state index contributed by atoms with van der Waals surface area (Å²) in [5.74, 6) is 2.39. The van der Waals surface area contributed by atoms with Gasteiger partial charge in [0, 0.05) is 12.3 Å². The van der Waals surface area contributed by atoms with Gasteiger partial charge in [0.2, 0.25) is 0 Å². The molecule has 0 saturated carbocycles. The first-order valence-corrected chi connectivity index (χ1v) is 7.29. The van der Waals surface area contributed by atoms with E-state index < -0.39 is 0 Å². The van der Waals surface area contributed by atoms with Crippen molar-refractivity contribution in [2.24, 2.45) is 0 Å². The van der Waals surface area contributed by atoms with Crippen molar-refractivity contribution in [3.05, 3.63) is 29.5 Å². The molecule has 102 valence electrons. The smallest absolute Gasteiger partial charge is 0.256 e. The van der Waals surface area contributed by atoms with Gasteiger partial charge in [-0.2, -0.15) is 0 Å². The van der Waals surface area contributed by atoms with Crippen LogP contribution >= 0.6 is 11.8 Å². The van der Waals surface area contributed by atoms with Gasteiger partial charge in [-0.15, -0.1) is 0 Å². The Kier molecular flexibility index (Phi) is 4.79. The summed E-state index contributed by atoms with van der Waals surface area (Å²) in [5.41, 5.74) is 1.85. The van der Waals surface area contributed by atoms with Crippen LogP contribution < -0.4 is 5.32 Å². The van der Waals surface area contributed by atoms with Gasteiger partial charge in [-0.25, -0.2) is 9.97 Å². The van der Waals surface area contributed by atoms with Crippen LogP contribution in [0.25, 0.3) is 0 Å². The quantitative estimate of drug-likeness (QED) is 0.819. The van der Waals surface area contributed by atoms with Gasteiger partial charge in [0.05, 0.1) is 23.8 Å². The molecular formula is C13H18N4OS. The molecule has 0 aromatic carbocycles. The van der Waals surface area contributed by atoms with Crippen LogP contribution in [0.5, 0.6) is 0 Å². The molecule has 0 aliphatic rings. The van der Waals surface area contributed by atoms with Gasteiger partial charge < -0.3 is 9.73 Å². The number of rotatable bonds is 6. The predicted octanol–water partition coefficient (Wildman–Crippen LogP) is 3.20. The van der Waals surface area contributed by atoms with E-state index in [9.17, 15) is 0 Å². The van der Waals surface area contributed by atoms with Crippen LogP contribution in [-0.2, 0) is 5.75 Å². The molecule has 2 aromatic rings. The minimum atomic E-state index is 0.685. The number of nitrogens with zero attached hydrogens (tertiary/aromatic N) is 3. The number of aromatic nitrogens is 3. The molecule has 0 aliphatic carbocycles. The highest BCUT2D eigenvalue weighted by atomic mass is 32.2. The average Bonchev–Trinajstić information content (AvgIpc) is 2.74. The Morgan fingerprint density at radius 1 is 1.26 bits per heavy atom. The fourth-order valence-corrected chi connectivity index (χ4v) is 2.22. The summed E-state index contributed by atoms with van der Waals surface area (Å²) in [6.07, 6.45) is 4.62. The number of nitrogens with one attached hydrogen (secondary N) is 1. The highest BCUT2D eigenvalue weighted by Gasteiger charge is 2.07. The van der Waals surface area contributed by atoms with Crippen LogP contribution in [0.1, 0.15) is 30.5 Å². The van der Waals surface area contributed by atoms with Crippen molar-refractivity contribution >= 4 is 17.6 Å². The zero-order chi connectivity index (χ0) is 13.7.